The van der Waals surface area contributed by atoms with Crippen molar-refractivity contribution >= 4 is 11.8 Å². The topological polar surface area (TPSA) is 76.7 Å². The number of carbonyl (C=O) groups is 2. The zero-order valence-electron chi connectivity index (χ0n) is 17.5. The van der Waals surface area contributed by atoms with Gasteiger partial charge in [0.1, 0.15) is 11.5 Å². The first-order valence-electron chi connectivity index (χ1n) is 10.0. The molecule has 2 aromatic carbocycles. The van der Waals surface area contributed by atoms with Gasteiger partial charge in [0.15, 0.2) is 12.7 Å². The van der Waals surface area contributed by atoms with E-state index in [9.17, 15) is 9.59 Å². The summed E-state index contributed by atoms with van der Waals surface area (Å²) in [5.74, 6) is 0.713. The van der Waals surface area contributed by atoms with Crippen LogP contribution >= 0.6 is 0 Å². The molecule has 0 saturated carbocycles. The molecule has 2 atom stereocenters. The molecule has 0 unspecified atom stereocenters. The standard InChI is InChI=1S/C23H30N2O4/c1-5-16(3)20-9-7-8-10-21(20)28-15-22(26)24-25-23(27)17(4)29-19-13-11-18(6-2)12-14-19/h7-14,16-17H,5-6,15H2,1-4H3,(H,24,26)(H,25,27)/t16-,17+/m0/s1. The van der Waals surface area contributed by atoms with E-state index in [0.29, 0.717) is 17.4 Å². The Bertz CT molecular complexity index is 805. The lowest BCUT2D eigenvalue weighted by atomic mass is 9.98. The Labute approximate surface area is 172 Å². The predicted octanol–water partition coefficient (Wildman–Crippen LogP) is 3.76. The number of benzene rings is 2. The fraction of sp³-hybridized carbons (Fsp3) is 0.391. The molecule has 0 spiro atoms. The van der Waals surface area contributed by atoms with Gasteiger partial charge in [0.2, 0.25) is 0 Å². The average Bonchev–Trinajstić information content (AvgIpc) is 2.76. The minimum Gasteiger partial charge on any atom is -0.483 e. The predicted molar refractivity (Wildman–Crippen MR) is 113 cm³/mol. The first-order valence-corrected chi connectivity index (χ1v) is 10.0. The summed E-state index contributed by atoms with van der Waals surface area (Å²) in [5.41, 5.74) is 6.97. The molecule has 0 heterocycles. The molecule has 29 heavy (non-hydrogen) atoms. The fourth-order valence-corrected chi connectivity index (χ4v) is 2.71. The monoisotopic (exact) mass is 398 g/mol. The molecule has 0 aromatic heterocycles. The second-order valence-corrected chi connectivity index (χ2v) is 6.93. The third-order valence-electron chi connectivity index (χ3n) is 4.76. The van der Waals surface area contributed by atoms with Gasteiger partial charge in [-0.3, -0.25) is 20.4 Å². The van der Waals surface area contributed by atoms with Gasteiger partial charge in [0.05, 0.1) is 0 Å². The molecule has 2 N–H and O–H groups in total. The molecular weight excluding hydrogens is 368 g/mol. The summed E-state index contributed by atoms with van der Waals surface area (Å²) in [6.07, 6.45) is 1.16. The van der Waals surface area contributed by atoms with E-state index in [0.717, 1.165) is 18.4 Å². The zero-order valence-corrected chi connectivity index (χ0v) is 17.5. The first kappa shape index (κ1) is 22.3. The van der Waals surface area contributed by atoms with Crippen LogP contribution < -0.4 is 20.3 Å². The third-order valence-corrected chi connectivity index (χ3v) is 4.76. The number of hydrazine groups is 1. The fourth-order valence-electron chi connectivity index (χ4n) is 2.71. The summed E-state index contributed by atoms with van der Waals surface area (Å²) >= 11 is 0. The van der Waals surface area contributed by atoms with E-state index in [1.54, 1.807) is 6.92 Å². The highest BCUT2D eigenvalue weighted by atomic mass is 16.5. The van der Waals surface area contributed by atoms with Gasteiger partial charge < -0.3 is 9.47 Å². The van der Waals surface area contributed by atoms with E-state index in [1.165, 1.54) is 5.56 Å². The molecule has 2 rings (SSSR count). The molecule has 0 aliphatic rings. The average molecular weight is 399 g/mol. The van der Waals surface area contributed by atoms with Gasteiger partial charge in [-0.15, -0.1) is 0 Å². The van der Waals surface area contributed by atoms with Crippen LogP contribution in [0.4, 0.5) is 0 Å². The van der Waals surface area contributed by atoms with Crippen molar-refractivity contribution in [2.45, 2.75) is 52.6 Å². The number of aryl methyl sites for hydroxylation is 1. The van der Waals surface area contributed by atoms with Gasteiger partial charge in [-0.05, 0) is 55.0 Å². The maximum atomic E-state index is 12.1. The van der Waals surface area contributed by atoms with Crippen LogP contribution in [-0.2, 0) is 16.0 Å². The van der Waals surface area contributed by atoms with Gasteiger partial charge in [0.25, 0.3) is 11.8 Å². The summed E-state index contributed by atoms with van der Waals surface area (Å²) in [6.45, 7) is 7.71. The highest BCUT2D eigenvalue weighted by molar-refractivity contribution is 5.85. The molecule has 0 bridgehead atoms. The van der Waals surface area contributed by atoms with Gasteiger partial charge in [-0.2, -0.15) is 0 Å². The number of rotatable bonds is 9. The van der Waals surface area contributed by atoms with Crippen LogP contribution in [0.2, 0.25) is 0 Å². The normalized spacial score (nSPS) is 12.6. The molecule has 6 heteroatoms. The molecule has 0 fully saturated rings. The third kappa shape index (κ3) is 6.82. The summed E-state index contributed by atoms with van der Waals surface area (Å²) in [4.78, 5) is 24.2. The van der Waals surface area contributed by atoms with Crippen molar-refractivity contribution in [2.75, 3.05) is 6.61 Å². The summed E-state index contributed by atoms with van der Waals surface area (Å²) in [5, 5.41) is 0. The van der Waals surface area contributed by atoms with E-state index < -0.39 is 17.9 Å². The lowest BCUT2D eigenvalue weighted by molar-refractivity contribution is -0.133. The molecule has 6 nitrogen and oxygen atoms in total. The molecule has 0 radical (unpaired) electrons. The quantitative estimate of drug-likeness (QED) is 0.631. The highest BCUT2D eigenvalue weighted by Gasteiger charge is 2.16. The molecular formula is C23H30N2O4. The number of para-hydroxylation sites is 1. The van der Waals surface area contributed by atoms with Crippen LogP contribution in [0.1, 0.15) is 51.2 Å². The molecule has 156 valence electrons. The summed E-state index contributed by atoms with van der Waals surface area (Å²) < 4.78 is 11.2. The molecule has 2 amide bonds. The zero-order chi connectivity index (χ0) is 21.2. The molecule has 0 aliphatic carbocycles. The van der Waals surface area contributed by atoms with Crippen LogP contribution in [0, 0.1) is 0 Å². The van der Waals surface area contributed by atoms with Crippen molar-refractivity contribution < 1.29 is 19.1 Å². The van der Waals surface area contributed by atoms with Crippen LogP contribution in [0.15, 0.2) is 48.5 Å². The Morgan fingerprint density at radius 1 is 0.966 bits per heavy atom. The summed E-state index contributed by atoms with van der Waals surface area (Å²) in [6, 6.07) is 15.2. The van der Waals surface area contributed by atoms with Crippen LogP contribution in [0.3, 0.4) is 0 Å². The van der Waals surface area contributed by atoms with E-state index in [-0.39, 0.29) is 6.61 Å². The van der Waals surface area contributed by atoms with Crippen molar-refractivity contribution in [3.05, 3.63) is 59.7 Å². The van der Waals surface area contributed by atoms with Gasteiger partial charge in [0, 0.05) is 0 Å². The summed E-state index contributed by atoms with van der Waals surface area (Å²) in [7, 11) is 0. The number of amides is 2. The Morgan fingerprint density at radius 3 is 2.31 bits per heavy atom. The van der Waals surface area contributed by atoms with E-state index in [4.69, 9.17) is 9.47 Å². The number of nitrogens with one attached hydrogen (secondary N) is 2. The minimum atomic E-state index is -0.755. The van der Waals surface area contributed by atoms with Crippen LogP contribution in [-0.4, -0.2) is 24.5 Å². The van der Waals surface area contributed by atoms with Crippen LogP contribution in [0.5, 0.6) is 11.5 Å². The van der Waals surface area contributed by atoms with Crippen molar-refractivity contribution in [3.8, 4) is 11.5 Å². The first-order chi connectivity index (χ1) is 13.9. The number of hydrogen-bond acceptors (Lipinski definition) is 4. The van der Waals surface area contributed by atoms with Crippen LogP contribution in [0.25, 0.3) is 0 Å². The van der Waals surface area contributed by atoms with Crippen molar-refractivity contribution in [1.82, 2.24) is 10.9 Å². The number of hydrogen-bond donors (Lipinski definition) is 2. The smallest absolute Gasteiger partial charge is 0.279 e. The Kier molecular flexibility index (Phi) is 8.52. The SMILES string of the molecule is CCc1ccc(O[C@H](C)C(=O)NNC(=O)COc2ccccc2[C@@H](C)CC)cc1. The lowest BCUT2D eigenvalue weighted by Gasteiger charge is -2.17. The maximum Gasteiger partial charge on any atom is 0.279 e. The van der Waals surface area contributed by atoms with E-state index in [1.807, 2.05) is 48.5 Å². The Balaban J connectivity index is 1.79. The van der Waals surface area contributed by atoms with Crippen molar-refractivity contribution in [2.24, 2.45) is 0 Å². The highest BCUT2D eigenvalue weighted by Crippen LogP contribution is 2.28. The van der Waals surface area contributed by atoms with E-state index >= 15 is 0 Å². The molecule has 2 aromatic rings. The second kappa shape index (κ2) is 11.1. The number of carbonyl (C=O) groups excluding carboxylic acids is 2. The van der Waals surface area contributed by atoms with Gasteiger partial charge in [-0.25, -0.2) is 0 Å². The molecule has 0 aliphatic heterocycles. The van der Waals surface area contributed by atoms with E-state index in [2.05, 4.69) is 31.6 Å². The van der Waals surface area contributed by atoms with Gasteiger partial charge >= 0.3 is 0 Å². The number of ether oxygens (including phenoxy) is 2. The van der Waals surface area contributed by atoms with Crippen molar-refractivity contribution in [3.63, 3.8) is 0 Å². The Morgan fingerprint density at radius 2 is 1.66 bits per heavy atom. The minimum absolute atomic E-state index is 0.193. The maximum absolute atomic E-state index is 12.1. The largest absolute Gasteiger partial charge is 0.483 e. The van der Waals surface area contributed by atoms with Crippen molar-refractivity contribution in [1.29, 1.82) is 0 Å². The lowest BCUT2D eigenvalue weighted by Crippen LogP contribution is -2.48. The molecule has 0 saturated heterocycles. The van der Waals surface area contributed by atoms with Gasteiger partial charge in [-0.1, -0.05) is 51.1 Å². The Hall–Kier alpha value is -3.02. The second-order valence-electron chi connectivity index (χ2n) is 6.93.